The van der Waals surface area contributed by atoms with Gasteiger partial charge >= 0.3 is 5.97 Å². The van der Waals surface area contributed by atoms with Gasteiger partial charge in [-0.2, -0.15) is 0 Å². The summed E-state index contributed by atoms with van der Waals surface area (Å²) in [5, 5.41) is 12.1. The van der Waals surface area contributed by atoms with Gasteiger partial charge in [0, 0.05) is 13.0 Å². The van der Waals surface area contributed by atoms with E-state index in [-0.39, 0.29) is 12.3 Å². The Balaban J connectivity index is 2.42. The van der Waals surface area contributed by atoms with Gasteiger partial charge in [-0.05, 0) is 31.6 Å². The highest BCUT2D eigenvalue weighted by atomic mass is 16.4. The van der Waals surface area contributed by atoms with Crippen LogP contribution in [0.15, 0.2) is 0 Å². The molecule has 0 heterocycles. The highest BCUT2D eigenvalue weighted by molar-refractivity contribution is 5.84. The van der Waals surface area contributed by atoms with Crippen LogP contribution in [0.2, 0.25) is 0 Å². The van der Waals surface area contributed by atoms with Gasteiger partial charge in [0.15, 0.2) is 0 Å². The molecule has 0 atom stereocenters. The minimum atomic E-state index is -0.885. The van der Waals surface area contributed by atoms with Gasteiger partial charge in [-0.1, -0.05) is 20.3 Å². The Labute approximate surface area is 103 Å². The van der Waals surface area contributed by atoms with Gasteiger partial charge in [0.1, 0.15) is 0 Å². The maximum absolute atomic E-state index is 11.8. The first-order chi connectivity index (χ1) is 8.04. The largest absolute Gasteiger partial charge is 0.481 e. The molecule has 1 rings (SSSR count). The lowest BCUT2D eigenvalue weighted by Gasteiger charge is -2.28. The fourth-order valence-corrected chi connectivity index (χ4v) is 2.20. The average Bonchev–Trinajstić information content (AvgIpc) is 2.23. The number of rotatable bonds is 7. The van der Waals surface area contributed by atoms with Crippen molar-refractivity contribution in [3.05, 3.63) is 0 Å². The first kappa shape index (κ1) is 14.0. The van der Waals surface area contributed by atoms with E-state index < -0.39 is 11.4 Å². The zero-order valence-electron chi connectivity index (χ0n) is 10.8. The number of amides is 1. The van der Waals surface area contributed by atoms with Crippen LogP contribution in [0.1, 0.15) is 52.4 Å². The zero-order valence-corrected chi connectivity index (χ0v) is 10.8. The lowest BCUT2D eigenvalue weighted by molar-refractivity contribution is -0.152. The molecular formula is C13H23NO3. The Morgan fingerprint density at radius 1 is 1.29 bits per heavy atom. The summed E-state index contributed by atoms with van der Waals surface area (Å²) in [4.78, 5) is 23.0. The van der Waals surface area contributed by atoms with Crippen molar-refractivity contribution >= 4 is 11.9 Å². The summed E-state index contributed by atoms with van der Waals surface area (Å²) in [6.45, 7) is 4.37. The molecule has 0 bridgehead atoms. The van der Waals surface area contributed by atoms with E-state index in [1.807, 2.05) is 13.8 Å². The number of carbonyl (C=O) groups is 2. The molecule has 98 valence electrons. The molecular weight excluding hydrogens is 218 g/mol. The van der Waals surface area contributed by atoms with Crippen molar-refractivity contribution in [3.63, 3.8) is 0 Å². The Morgan fingerprint density at radius 2 is 1.88 bits per heavy atom. The molecule has 0 spiro atoms. The number of aliphatic carboxylic acids is 1. The van der Waals surface area contributed by atoms with E-state index >= 15 is 0 Å². The first-order valence-electron chi connectivity index (χ1n) is 6.54. The van der Waals surface area contributed by atoms with Crippen LogP contribution in [0.5, 0.6) is 0 Å². The molecule has 0 aromatic carbocycles. The highest BCUT2D eigenvalue weighted by Gasteiger charge is 2.37. The van der Waals surface area contributed by atoms with Crippen molar-refractivity contribution in [1.29, 1.82) is 0 Å². The van der Waals surface area contributed by atoms with Gasteiger partial charge in [0.05, 0.1) is 5.41 Å². The molecule has 4 nitrogen and oxygen atoms in total. The van der Waals surface area contributed by atoms with Crippen LogP contribution in [0.25, 0.3) is 0 Å². The zero-order chi connectivity index (χ0) is 12.9. The van der Waals surface area contributed by atoms with Gasteiger partial charge in [0.25, 0.3) is 0 Å². The number of hydrogen-bond donors (Lipinski definition) is 2. The molecule has 1 fully saturated rings. The summed E-state index contributed by atoms with van der Waals surface area (Å²) >= 11 is 0. The fraction of sp³-hybridized carbons (Fsp3) is 0.846. The van der Waals surface area contributed by atoms with Crippen molar-refractivity contribution in [2.75, 3.05) is 6.54 Å². The summed E-state index contributed by atoms with van der Waals surface area (Å²) < 4.78 is 0. The van der Waals surface area contributed by atoms with E-state index in [4.69, 9.17) is 0 Å². The molecule has 4 heteroatoms. The maximum atomic E-state index is 11.8. The molecule has 0 aliphatic heterocycles. The molecule has 0 radical (unpaired) electrons. The quantitative estimate of drug-likeness (QED) is 0.718. The Kier molecular flexibility index (Phi) is 4.97. The van der Waals surface area contributed by atoms with E-state index in [0.29, 0.717) is 25.3 Å². The predicted octanol–water partition coefficient (Wildman–Crippen LogP) is 2.18. The second-order valence-electron chi connectivity index (χ2n) is 5.07. The maximum Gasteiger partial charge on any atom is 0.310 e. The third kappa shape index (κ3) is 3.45. The molecule has 2 N–H and O–H groups in total. The SMILES string of the molecule is CCC(CC)(CC(=O)NCC1CCC1)C(=O)O. The first-order valence-corrected chi connectivity index (χ1v) is 6.54. The van der Waals surface area contributed by atoms with Crippen molar-refractivity contribution < 1.29 is 14.7 Å². The van der Waals surface area contributed by atoms with Crippen LogP contribution in [-0.4, -0.2) is 23.5 Å². The number of carbonyl (C=O) groups excluding carboxylic acids is 1. The third-order valence-electron chi connectivity index (χ3n) is 4.12. The predicted molar refractivity (Wildman–Crippen MR) is 65.6 cm³/mol. The topological polar surface area (TPSA) is 66.4 Å². The second-order valence-corrected chi connectivity index (χ2v) is 5.07. The minimum Gasteiger partial charge on any atom is -0.481 e. The second kappa shape index (κ2) is 6.03. The number of hydrogen-bond acceptors (Lipinski definition) is 2. The van der Waals surface area contributed by atoms with E-state index in [0.717, 1.165) is 0 Å². The smallest absolute Gasteiger partial charge is 0.310 e. The molecule has 1 saturated carbocycles. The molecule has 0 aromatic heterocycles. The lowest BCUT2D eigenvalue weighted by atomic mass is 9.79. The fourth-order valence-electron chi connectivity index (χ4n) is 2.20. The summed E-state index contributed by atoms with van der Waals surface area (Å²) in [6.07, 6.45) is 4.72. The summed E-state index contributed by atoms with van der Waals surface area (Å²) in [6, 6.07) is 0. The van der Waals surface area contributed by atoms with Gasteiger partial charge in [0.2, 0.25) is 5.91 Å². The molecule has 0 saturated heterocycles. The number of carboxylic acids is 1. The molecule has 0 unspecified atom stereocenters. The van der Waals surface area contributed by atoms with Crippen molar-refractivity contribution in [1.82, 2.24) is 5.32 Å². The van der Waals surface area contributed by atoms with Crippen LogP contribution in [0.3, 0.4) is 0 Å². The Hall–Kier alpha value is -1.06. The van der Waals surface area contributed by atoms with E-state index in [1.165, 1.54) is 19.3 Å². The van der Waals surface area contributed by atoms with E-state index in [9.17, 15) is 14.7 Å². The number of nitrogens with one attached hydrogen (secondary N) is 1. The molecule has 1 aliphatic rings. The molecule has 17 heavy (non-hydrogen) atoms. The molecule has 1 aliphatic carbocycles. The third-order valence-corrected chi connectivity index (χ3v) is 4.12. The summed E-state index contributed by atoms with van der Waals surface area (Å²) in [7, 11) is 0. The molecule has 1 amide bonds. The standard InChI is InChI=1S/C13H23NO3/c1-3-13(4-2,12(16)17)8-11(15)14-9-10-6-5-7-10/h10H,3-9H2,1-2H3,(H,14,15)(H,16,17). The van der Waals surface area contributed by atoms with Crippen molar-refractivity contribution in [2.45, 2.75) is 52.4 Å². The summed E-state index contributed by atoms with van der Waals surface area (Å²) in [5.41, 5.74) is -0.885. The minimum absolute atomic E-state index is 0.0993. The average molecular weight is 241 g/mol. The van der Waals surface area contributed by atoms with Crippen LogP contribution < -0.4 is 5.32 Å². The summed E-state index contributed by atoms with van der Waals surface area (Å²) in [5.74, 6) is -0.370. The van der Waals surface area contributed by atoms with Crippen LogP contribution in [0, 0.1) is 11.3 Å². The van der Waals surface area contributed by atoms with Crippen LogP contribution in [-0.2, 0) is 9.59 Å². The van der Waals surface area contributed by atoms with Crippen molar-refractivity contribution in [2.24, 2.45) is 11.3 Å². The van der Waals surface area contributed by atoms with Crippen LogP contribution >= 0.6 is 0 Å². The molecule has 0 aromatic rings. The highest BCUT2D eigenvalue weighted by Crippen LogP contribution is 2.31. The Morgan fingerprint density at radius 3 is 2.24 bits per heavy atom. The van der Waals surface area contributed by atoms with E-state index in [2.05, 4.69) is 5.32 Å². The van der Waals surface area contributed by atoms with Crippen molar-refractivity contribution in [3.8, 4) is 0 Å². The van der Waals surface area contributed by atoms with Crippen LogP contribution in [0.4, 0.5) is 0 Å². The van der Waals surface area contributed by atoms with E-state index in [1.54, 1.807) is 0 Å². The van der Waals surface area contributed by atoms with Gasteiger partial charge in [-0.15, -0.1) is 0 Å². The van der Waals surface area contributed by atoms with Gasteiger partial charge < -0.3 is 10.4 Å². The van der Waals surface area contributed by atoms with Gasteiger partial charge in [-0.25, -0.2) is 0 Å². The monoisotopic (exact) mass is 241 g/mol. The normalized spacial score (nSPS) is 16.4. The van der Waals surface area contributed by atoms with Gasteiger partial charge in [-0.3, -0.25) is 9.59 Å². The lowest BCUT2D eigenvalue weighted by Crippen LogP contribution is -2.39. The Bertz CT molecular complexity index is 280. The number of carboxylic acid groups (broad SMARTS) is 1.